The molecule has 0 unspecified atom stereocenters. The molecular formula is C25H31NO5. The van der Waals surface area contributed by atoms with Gasteiger partial charge in [0.15, 0.2) is 23.9 Å². The number of ether oxygens (including phenoxy) is 3. The minimum atomic E-state index is -0.132. The Morgan fingerprint density at radius 2 is 1.71 bits per heavy atom. The van der Waals surface area contributed by atoms with E-state index < -0.39 is 0 Å². The maximum absolute atomic E-state index is 12.5. The largest absolute Gasteiger partial charge is 0.493 e. The Bertz CT molecular complexity index is 901. The number of allylic oxidation sites excluding steroid dienone is 1. The Balaban J connectivity index is 1.98. The molecule has 0 heterocycles. The lowest BCUT2D eigenvalue weighted by Crippen LogP contribution is -2.27. The molecule has 0 fully saturated rings. The summed E-state index contributed by atoms with van der Waals surface area (Å²) in [7, 11) is 4.94. The van der Waals surface area contributed by atoms with Gasteiger partial charge in [-0.3, -0.25) is 9.59 Å². The van der Waals surface area contributed by atoms with Gasteiger partial charge in [0, 0.05) is 19.7 Å². The first-order chi connectivity index (χ1) is 14.8. The summed E-state index contributed by atoms with van der Waals surface area (Å²) < 4.78 is 16.6. The van der Waals surface area contributed by atoms with Gasteiger partial charge in [-0.2, -0.15) is 0 Å². The van der Waals surface area contributed by atoms with E-state index in [0.717, 1.165) is 12.0 Å². The number of hydrogen-bond acceptors (Lipinski definition) is 5. The van der Waals surface area contributed by atoms with Crippen LogP contribution in [-0.2, 0) is 4.79 Å². The van der Waals surface area contributed by atoms with Gasteiger partial charge in [0.1, 0.15) is 5.75 Å². The number of hydrogen-bond donors (Lipinski definition) is 0. The molecule has 31 heavy (non-hydrogen) atoms. The Morgan fingerprint density at radius 3 is 2.32 bits per heavy atom. The van der Waals surface area contributed by atoms with E-state index in [-0.39, 0.29) is 18.3 Å². The zero-order chi connectivity index (χ0) is 22.8. The van der Waals surface area contributed by atoms with E-state index in [1.54, 1.807) is 51.5 Å². The molecule has 0 bridgehead atoms. The Labute approximate surface area is 184 Å². The summed E-state index contributed by atoms with van der Waals surface area (Å²) >= 11 is 0. The zero-order valence-electron chi connectivity index (χ0n) is 18.9. The standard InChI is InChI=1S/C25H31NO5/c1-18(2)14-15-30-23-13-7-19(16-24(23)29-5)6-12-22(27)20-8-10-21(11-9-20)31-17-25(28)26(3)4/h6-13,16,18H,14-15,17H2,1-5H3/b12-6+. The summed E-state index contributed by atoms with van der Waals surface area (Å²) in [5.41, 5.74) is 1.37. The molecule has 0 aliphatic rings. The molecular weight excluding hydrogens is 394 g/mol. The van der Waals surface area contributed by atoms with E-state index in [1.807, 2.05) is 18.2 Å². The van der Waals surface area contributed by atoms with Gasteiger partial charge in [0.25, 0.3) is 5.91 Å². The lowest BCUT2D eigenvalue weighted by Gasteiger charge is -2.12. The molecule has 0 spiro atoms. The third-order valence-corrected chi connectivity index (χ3v) is 4.57. The second kappa shape index (κ2) is 11.8. The second-order valence-corrected chi connectivity index (χ2v) is 7.74. The van der Waals surface area contributed by atoms with Crippen molar-refractivity contribution in [2.24, 2.45) is 5.92 Å². The first-order valence-electron chi connectivity index (χ1n) is 10.3. The van der Waals surface area contributed by atoms with E-state index in [9.17, 15) is 9.59 Å². The molecule has 1 amide bonds. The minimum absolute atomic E-state index is 0.0425. The van der Waals surface area contributed by atoms with E-state index in [4.69, 9.17) is 14.2 Å². The quantitative estimate of drug-likeness (QED) is 0.392. The van der Waals surface area contributed by atoms with Gasteiger partial charge < -0.3 is 19.1 Å². The van der Waals surface area contributed by atoms with Gasteiger partial charge in [-0.15, -0.1) is 0 Å². The van der Waals surface area contributed by atoms with Gasteiger partial charge in [0.2, 0.25) is 0 Å². The number of benzene rings is 2. The normalized spacial score (nSPS) is 10.9. The van der Waals surface area contributed by atoms with Crippen molar-refractivity contribution in [1.82, 2.24) is 4.90 Å². The summed E-state index contributed by atoms with van der Waals surface area (Å²) in [5, 5.41) is 0. The number of nitrogens with zero attached hydrogens (tertiary/aromatic N) is 1. The second-order valence-electron chi connectivity index (χ2n) is 7.74. The van der Waals surface area contributed by atoms with Crippen LogP contribution in [0.25, 0.3) is 6.08 Å². The molecule has 166 valence electrons. The highest BCUT2D eigenvalue weighted by atomic mass is 16.5. The predicted molar refractivity (Wildman–Crippen MR) is 122 cm³/mol. The van der Waals surface area contributed by atoms with Crippen LogP contribution in [0.2, 0.25) is 0 Å². The fourth-order valence-corrected chi connectivity index (χ4v) is 2.57. The topological polar surface area (TPSA) is 65.1 Å². The van der Waals surface area contributed by atoms with Gasteiger partial charge in [-0.1, -0.05) is 26.0 Å². The average Bonchev–Trinajstić information content (AvgIpc) is 2.76. The SMILES string of the molecule is COc1cc(/C=C/C(=O)c2ccc(OCC(=O)N(C)C)cc2)ccc1OCCC(C)C. The van der Waals surface area contributed by atoms with Crippen molar-refractivity contribution in [3.05, 3.63) is 59.7 Å². The Kier molecular flexibility index (Phi) is 9.13. The van der Waals surface area contributed by atoms with Crippen LogP contribution < -0.4 is 14.2 Å². The van der Waals surface area contributed by atoms with Crippen LogP contribution in [0.4, 0.5) is 0 Å². The van der Waals surface area contributed by atoms with Gasteiger partial charge in [-0.25, -0.2) is 0 Å². The molecule has 0 aliphatic carbocycles. The summed E-state index contributed by atoms with van der Waals surface area (Å²) in [6.07, 6.45) is 4.22. The highest BCUT2D eigenvalue weighted by molar-refractivity contribution is 6.06. The van der Waals surface area contributed by atoms with E-state index in [1.165, 1.54) is 11.0 Å². The molecule has 0 aliphatic heterocycles. The fraction of sp³-hybridized carbons (Fsp3) is 0.360. The predicted octanol–water partition coefficient (Wildman–Crippen LogP) is 4.48. The number of amides is 1. The molecule has 6 heteroatoms. The molecule has 0 atom stereocenters. The number of methoxy groups -OCH3 is 1. The summed E-state index contributed by atoms with van der Waals surface area (Å²) in [6.45, 7) is 4.89. The van der Waals surface area contributed by atoms with Crippen molar-refractivity contribution in [2.75, 3.05) is 34.4 Å². The van der Waals surface area contributed by atoms with Gasteiger partial charge in [0.05, 0.1) is 13.7 Å². The molecule has 0 saturated heterocycles. The van der Waals surface area contributed by atoms with Crippen LogP contribution in [-0.4, -0.2) is 51.0 Å². The number of rotatable bonds is 11. The Morgan fingerprint density at radius 1 is 1.00 bits per heavy atom. The molecule has 6 nitrogen and oxygen atoms in total. The Hall–Kier alpha value is -3.28. The minimum Gasteiger partial charge on any atom is -0.493 e. The smallest absolute Gasteiger partial charge is 0.259 e. The lowest BCUT2D eigenvalue weighted by molar-refractivity contribution is -0.130. The van der Waals surface area contributed by atoms with Crippen LogP contribution in [0, 0.1) is 5.92 Å². The summed E-state index contributed by atoms with van der Waals surface area (Å²) in [4.78, 5) is 25.5. The number of likely N-dealkylation sites (N-methyl/N-ethyl adjacent to an activating group) is 1. The van der Waals surface area contributed by atoms with Gasteiger partial charge >= 0.3 is 0 Å². The molecule has 2 rings (SSSR count). The van der Waals surface area contributed by atoms with Crippen molar-refractivity contribution in [2.45, 2.75) is 20.3 Å². The van der Waals surface area contributed by atoms with Crippen LogP contribution in [0.1, 0.15) is 36.2 Å². The third-order valence-electron chi connectivity index (χ3n) is 4.57. The maximum atomic E-state index is 12.5. The van der Waals surface area contributed by atoms with E-state index in [0.29, 0.717) is 35.3 Å². The van der Waals surface area contributed by atoms with Crippen molar-refractivity contribution in [1.29, 1.82) is 0 Å². The number of ketones is 1. The van der Waals surface area contributed by atoms with E-state index >= 15 is 0 Å². The molecule has 2 aromatic rings. The molecule has 0 radical (unpaired) electrons. The number of carbonyl (C=O) groups is 2. The molecule has 2 aromatic carbocycles. The van der Waals surface area contributed by atoms with Crippen LogP contribution in [0.15, 0.2) is 48.5 Å². The van der Waals surface area contributed by atoms with Crippen molar-refractivity contribution >= 4 is 17.8 Å². The first kappa shape index (κ1) is 24.0. The summed E-state index contributed by atoms with van der Waals surface area (Å²) in [5.74, 6) is 2.16. The van der Waals surface area contributed by atoms with E-state index in [2.05, 4.69) is 13.8 Å². The van der Waals surface area contributed by atoms with Crippen LogP contribution >= 0.6 is 0 Å². The fourth-order valence-electron chi connectivity index (χ4n) is 2.57. The van der Waals surface area contributed by atoms with Crippen molar-refractivity contribution < 1.29 is 23.8 Å². The zero-order valence-corrected chi connectivity index (χ0v) is 18.9. The van der Waals surface area contributed by atoms with Crippen molar-refractivity contribution in [3.63, 3.8) is 0 Å². The maximum Gasteiger partial charge on any atom is 0.259 e. The number of carbonyl (C=O) groups excluding carboxylic acids is 2. The molecule has 0 aromatic heterocycles. The summed E-state index contributed by atoms with van der Waals surface area (Å²) in [6, 6.07) is 12.3. The molecule has 0 N–H and O–H groups in total. The first-order valence-corrected chi connectivity index (χ1v) is 10.3. The average molecular weight is 426 g/mol. The third kappa shape index (κ3) is 7.81. The van der Waals surface area contributed by atoms with Crippen LogP contribution in [0.3, 0.4) is 0 Å². The van der Waals surface area contributed by atoms with Crippen LogP contribution in [0.5, 0.6) is 17.2 Å². The highest BCUT2D eigenvalue weighted by Gasteiger charge is 2.08. The lowest BCUT2D eigenvalue weighted by atomic mass is 10.1. The monoisotopic (exact) mass is 425 g/mol. The molecule has 0 saturated carbocycles. The van der Waals surface area contributed by atoms with Gasteiger partial charge in [-0.05, 0) is 60.4 Å². The highest BCUT2D eigenvalue weighted by Crippen LogP contribution is 2.29. The van der Waals surface area contributed by atoms with Crippen molar-refractivity contribution in [3.8, 4) is 17.2 Å².